The Labute approximate surface area is 420 Å². The number of allylic oxidation sites excluding steroid dienone is 13. The minimum absolute atomic E-state index is 0.0560. The first-order valence-corrected chi connectivity index (χ1v) is 29.5. The topological polar surface area (TPSA) is 105 Å². The van der Waals surface area contributed by atoms with Crippen LogP contribution in [-0.4, -0.2) is 73.4 Å². The molecule has 0 aromatic rings. The molecule has 0 saturated heterocycles. The molecule has 0 heterocycles. The number of unbranched alkanes of at least 4 members (excludes halogenated alkanes) is 25. The third-order valence-electron chi connectivity index (χ3n) is 12.1. The highest BCUT2D eigenvalue weighted by Gasteiger charge is 2.27. The van der Waals surface area contributed by atoms with Gasteiger partial charge in [0.2, 0.25) is 5.91 Å². The molecule has 0 aliphatic rings. The van der Waals surface area contributed by atoms with E-state index in [0.717, 1.165) is 83.5 Å². The third kappa shape index (κ3) is 51.5. The van der Waals surface area contributed by atoms with Crippen LogP contribution in [0.25, 0.3) is 0 Å². The van der Waals surface area contributed by atoms with E-state index in [-0.39, 0.29) is 19.1 Å². The number of carbonyl (C=O) groups excluding carboxylic acids is 1. The zero-order chi connectivity index (χ0) is 49.9. The summed E-state index contributed by atoms with van der Waals surface area (Å²) in [6.07, 6.45) is 69.5. The van der Waals surface area contributed by atoms with E-state index in [1.165, 1.54) is 128 Å². The van der Waals surface area contributed by atoms with Crippen LogP contribution in [0.2, 0.25) is 0 Å². The summed E-state index contributed by atoms with van der Waals surface area (Å²) in [6.45, 7) is 4.70. The van der Waals surface area contributed by atoms with Crippen molar-refractivity contribution in [3.63, 3.8) is 0 Å². The number of nitrogens with zero attached hydrogens (tertiary/aromatic N) is 1. The van der Waals surface area contributed by atoms with Crippen LogP contribution in [0.1, 0.15) is 232 Å². The summed E-state index contributed by atoms with van der Waals surface area (Å²) < 4.78 is 23.7. The fraction of sp³-hybridized carbons (Fsp3) is 0.746. The van der Waals surface area contributed by atoms with Crippen LogP contribution in [0, 0.1) is 0 Å². The first-order valence-electron chi connectivity index (χ1n) is 28.0. The fourth-order valence-corrected chi connectivity index (χ4v) is 8.49. The lowest BCUT2D eigenvalue weighted by atomic mass is 10.0. The number of likely N-dealkylation sites (N-methyl/N-ethyl adjacent to an activating group) is 1. The van der Waals surface area contributed by atoms with Crippen molar-refractivity contribution in [3.05, 3.63) is 85.1 Å². The molecule has 0 aliphatic heterocycles. The lowest BCUT2D eigenvalue weighted by Crippen LogP contribution is -2.45. The van der Waals surface area contributed by atoms with Gasteiger partial charge in [-0.25, -0.2) is 4.57 Å². The van der Waals surface area contributed by atoms with Crippen LogP contribution >= 0.6 is 7.82 Å². The zero-order valence-electron chi connectivity index (χ0n) is 44.8. The van der Waals surface area contributed by atoms with E-state index < -0.39 is 20.0 Å². The van der Waals surface area contributed by atoms with Crippen molar-refractivity contribution < 1.29 is 32.9 Å². The predicted octanol–water partition coefficient (Wildman–Crippen LogP) is 16.9. The molecule has 3 N–H and O–H groups in total. The maximum atomic E-state index is 13.0. The van der Waals surface area contributed by atoms with Gasteiger partial charge in [0.25, 0.3) is 0 Å². The number of hydrogen-bond donors (Lipinski definition) is 3. The van der Waals surface area contributed by atoms with E-state index in [4.69, 9.17) is 9.05 Å². The fourth-order valence-electron chi connectivity index (χ4n) is 7.75. The molecule has 0 rings (SSSR count). The molecule has 0 aromatic heterocycles. The van der Waals surface area contributed by atoms with Crippen molar-refractivity contribution in [1.82, 2.24) is 5.32 Å². The Kier molecular flexibility index (Phi) is 48.0. The van der Waals surface area contributed by atoms with Gasteiger partial charge < -0.3 is 19.8 Å². The van der Waals surface area contributed by atoms with Gasteiger partial charge in [-0.1, -0.05) is 240 Å². The molecule has 0 spiro atoms. The molecule has 1 amide bonds. The standard InChI is InChI=1S/C59H107N2O6P/c1-6-8-10-12-14-16-18-20-22-24-26-27-28-29-30-31-32-33-35-37-39-41-43-45-47-49-51-53-59(63)60-57(56-67-68(64,65)66-55-54-61(3,4)5)58(62)52-50-48-46-44-42-40-38-36-34-25-23-21-19-17-15-13-11-9-7-2/h8,10,14,16,20,22,26-27,29-30,32-33,50,52,57-58,62H,6-7,9,11-13,15,17-19,21,23-25,28,31,34-49,51,53-56H2,1-5H3,(H-,60,63,64,65)/p+1/b10-8-,16-14-,22-20-,27-26-,30-29-,33-32-,52-50+. The summed E-state index contributed by atoms with van der Waals surface area (Å²) in [5.74, 6) is -0.188. The Hall–Kier alpha value is -2.32. The van der Waals surface area contributed by atoms with Gasteiger partial charge in [-0.15, -0.1) is 0 Å². The number of carbonyl (C=O) groups is 1. The Morgan fingerprint density at radius 3 is 1.29 bits per heavy atom. The average Bonchev–Trinajstić information content (AvgIpc) is 3.30. The number of hydrogen-bond acceptors (Lipinski definition) is 5. The lowest BCUT2D eigenvalue weighted by molar-refractivity contribution is -0.870. The molecule has 9 heteroatoms. The molecule has 3 atom stereocenters. The molecule has 0 aliphatic carbocycles. The molecule has 394 valence electrons. The number of rotatable bonds is 50. The maximum absolute atomic E-state index is 13.0. The molecule has 0 fully saturated rings. The summed E-state index contributed by atoms with van der Waals surface area (Å²) in [7, 11) is 1.56. The van der Waals surface area contributed by atoms with Gasteiger partial charge in [-0.2, -0.15) is 0 Å². The van der Waals surface area contributed by atoms with Crippen molar-refractivity contribution in [1.29, 1.82) is 0 Å². The van der Waals surface area contributed by atoms with Crippen LogP contribution in [0.5, 0.6) is 0 Å². The quantitative estimate of drug-likeness (QED) is 0.0243. The Bertz CT molecular complexity index is 1380. The summed E-state index contributed by atoms with van der Waals surface area (Å²) in [6, 6.07) is -0.857. The lowest BCUT2D eigenvalue weighted by Gasteiger charge is -2.25. The second-order valence-corrected chi connectivity index (χ2v) is 21.4. The Morgan fingerprint density at radius 1 is 0.515 bits per heavy atom. The molecule has 8 nitrogen and oxygen atoms in total. The van der Waals surface area contributed by atoms with E-state index in [1.54, 1.807) is 6.08 Å². The van der Waals surface area contributed by atoms with Gasteiger partial charge in [-0.05, 0) is 70.6 Å². The number of quaternary nitrogens is 1. The first-order chi connectivity index (χ1) is 33.0. The van der Waals surface area contributed by atoms with Crippen molar-refractivity contribution in [2.75, 3.05) is 40.9 Å². The van der Waals surface area contributed by atoms with E-state index in [1.807, 2.05) is 27.2 Å². The van der Waals surface area contributed by atoms with E-state index in [9.17, 15) is 19.4 Å². The molecule has 0 saturated carbocycles. The summed E-state index contributed by atoms with van der Waals surface area (Å²) in [4.78, 5) is 23.3. The average molecular weight is 972 g/mol. The normalized spacial score (nSPS) is 14.6. The molecule has 0 bridgehead atoms. The molecular formula is C59H108N2O6P+. The first kappa shape index (κ1) is 65.7. The molecular weight excluding hydrogens is 864 g/mol. The Balaban J connectivity index is 4.28. The minimum Gasteiger partial charge on any atom is -0.387 e. The van der Waals surface area contributed by atoms with Gasteiger partial charge in [0.1, 0.15) is 13.2 Å². The van der Waals surface area contributed by atoms with Crippen LogP contribution in [0.3, 0.4) is 0 Å². The third-order valence-corrected chi connectivity index (χ3v) is 13.1. The number of phosphoric acid groups is 1. The number of aliphatic hydroxyl groups is 1. The number of amides is 1. The number of aliphatic hydroxyl groups excluding tert-OH is 1. The molecule has 0 aromatic carbocycles. The number of nitrogens with one attached hydrogen (secondary N) is 1. The van der Waals surface area contributed by atoms with Crippen molar-refractivity contribution in [2.24, 2.45) is 0 Å². The Morgan fingerprint density at radius 2 is 0.882 bits per heavy atom. The monoisotopic (exact) mass is 972 g/mol. The van der Waals surface area contributed by atoms with Crippen LogP contribution in [-0.2, 0) is 18.4 Å². The van der Waals surface area contributed by atoms with E-state index >= 15 is 0 Å². The largest absolute Gasteiger partial charge is 0.472 e. The van der Waals surface area contributed by atoms with Gasteiger partial charge in [0, 0.05) is 6.42 Å². The van der Waals surface area contributed by atoms with E-state index in [0.29, 0.717) is 17.4 Å². The van der Waals surface area contributed by atoms with Crippen molar-refractivity contribution >= 4 is 13.7 Å². The minimum atomic E-state index is -4.35. The highest BCUT2D eigenvalue weighted by molar-refractivity contribution is 7.47. The molecule has 0 radical (unpaired) electrons. The van der Waals surface area contributed by atoms with Crippen LogP contribution in [0.15, 0.2) is 85.1 Å². The van der Waals surface area contributed by atoms with Gasteiger partial charge in [0.15, 0.2) is 0 Å². The number of phosphoric ester groups is 1. The second kappa shape index (κ2) is 49.7. The smallest absolute Gasteiger partial charge is 0.387 e. The van der Waals surface area contributed by atoms with Crippen molar-refractivity contribution in [2.45, 2.75) is 244 Å². The summed E-state index contributed by atoms with van der Waals surface area (Å²) >= 11 is 0. The predicted molar refractivity (Wildman–Crippen MR) is 295 cm³/mol. The van der Waals surface area contributed by atoms with Crippen LogP contribution in [0.4, 0.5) is 0 Å². The zero-order valence-corrected chi connectivity index (χ0v) is 45.7. The highest BCUT2D eigenvalue weighted by atomic mass is 31.2. The summed E-state index contributed by atoms with van der Waals surface area (Å²) in [5.41, 5.74) is 0. The molecule has 68 heavy (non-hydrogen) atoms. The van der Waals surface area contributed by atoms with Gasteiger partial charge in [0.05, 0.1) is 39.9 Å². The van der Waals surface area contributed by atoms with Gasteiger partial charge in [-0.3, -0.25) is 13.8 Å². The highest BCUT2D eigenvalue weighted by Crippen LogP contribution is 2.43. The second-order valence-electron chi connectivity index (χ2n) is 19.9. The van der Waals surface area contributed by atoms with E-state index in [2.05, 4.69) is 92.1 Å². The SMILES string of the molecule is CC/C=C\C/C=C\C/C=C\C/C=C\C/C=C\C/C=C\CCCCCCCCCCC(=O)NC(COP(=O)(O)OCC[N+](C)(C)C)C(O)/C=C/CCCCCCCCCCCCCCCCCCC. The van der Waals surface area contributed by atoms with Crippen molar-refractivity contribution in [3.8, 4) is 0 Å². The summed E-state index contributed by atoms with van der Waals surface area (Å²) in [5, 5.41) is 13.9. The maximum Gasteiger partial charge on any atom is 0.472 e. The molecule has 3 unspecified atom stereocenters. The van der Waals surface area contributed by atoms with Crippen LogP contribution < -0.4 is 5.32 Å². The van der Waals surface area contributed by atoms with Gasteiger partial charge >= 0.3 is 7.82 Å².